The highest BCUT2D eigenvalue weighted by atomic mass is 16.3. The number of hydrogen-bond acceptors (Lipinski definition) is 4. The number of aliphatic hydroxyl groups excluding tert-OH is 3. The lowest BCUT2D eigenvalue weighted by Gasteiger charge is -2.21. The fourth-order valence-corrected chi connectivity index (χ4v) is 4.92. The lowest BCUT2D eigenvalue weighted by atomic mass is 10.0. The van der Waals surface area contributed by atoms with E-state index in [1.807, 2.05) is 6.08 Å². The molecule has 0 aromatic heterocycles. The summed E-state index contributed by atoms with van der Waals surface area (Å²) >= 11 is 0. The molecule has 3 unspecified atom stereocenters. The largest absolute Gasteiger partial charge is 0.394 e. The summed E-state index contributed by atoms with van der Waals surface area (Å²) in [6.45, 7) is 4.12. The molecular formula is C36H67NO4. The van der Waals surface area contributed by atoms with Crippen molar-refractivity contribution in [2.24, 2.45) is 0 Å². The van der Waals surface area contributed by atoms with E-state index in [4.69, 9.17) is 0 Å². The van der Waals surface area contributed by atoms with Crippen molar-refractivity contribution >= 4 is 5.91 Å². The zero-order chi connectivity index (χ0) is 30.2. The third-order valence-electron chi connectivity index (χ3n) is 7.71. The molecule has 0 fully saturated rings. The maximum Gasteiger partial charge on any atom is 0.249 e. The van der Waals surface area contributed by atoms with Gasteiger partial charge in [-0.15, -0.1) is 0 Å². The van der Waals surface area contributed by atoms with Crippen LogP contribution in [0, 0.1) is 0 Å². The first-order valence-electron chi connectivity index (χ1n) is 17.3. The van der Waals surface area contributed by atoms with Crippen LogP contribution in [0.5, 0.6) is 0 Å². The summed E-state index contributed by atoms with van der Waals surface area (Å²) < 4.78 is 0. The van der Waals surface area contributed by atoms with Gasteiger partial charge in [0.25, 0.3) is 0 Å². The predicted octanol–water partition coefficient (Wildman–Crippen LogP) is 8.87. The van der Waals surface area contributed by atoms with Gasteiger partial charge in [0.15, 0.2) is 0 Å². The van der Waals surface area contributed by atoms with Crippen LogP contribution in [-0.4, -0.2) is 46.1 Å². The molecule has 0 radical (unpaired) electrons. The molecule has 5 heteroatoms. The molecule has 0 saturated carbocycles. The Hall–Kier alpha value is -1.43. The number of carbonyl (C=O) groups is 1. The lowest BCUT2D eigenvalue weighted by molar-refractivity contribution is -0.131. The Morgan fingerprint density at radius 2 is 1.00 bits per heavy atom. The molecule has 0 aliphatic heterocycles. The molecule has 0 aliphatic carbocycles. The predicted molar refractivity (Wildman–Crippen MR) is 176 cm³/mol. The van der Waals surface area contributed by atoms with Crippen molar-refractivity contribution in [1.82, 2.24) is 5.32 Å². The van der Waals surface area contributed by atoms with Gasteiger partial charge in [0.05, 0.1) is 18.8 Å². The third-order valence-corrected chi connectivity index (χ3v) is 7.71. The van der Waals surface area contributed by atoms with E-state index in [1.54, 1.807) is 6.08 Å². The van der Waals surface area contributed by atoms with Crippen LogP contribution in [0.1, 0.15) is 162 Å². The van der Waals surface area contributed by atoms with Crippen molar-refractivity contribution in [2.75, 3.05) is 6.61 Å². The monoisotopic (exact) mass is 578 g/mol. The number of carbonyl (C=O) groups excluding carboxylic acids is 1. The molecule has 0 aromatic rings. The SMILES string of the molecule is CCCCCCCC/C=C/CC/C=C/CC/C=C/C(O)C(CO)NC(=O)C(O)CCCCCCCCCCCCC. The minimum absolute atomic E-state index is 0.380. The average molecular weight is 578 g/mol. The Morgan fingerprint density at radius 3 is 1.49 bits per heavy atom. The Balaban J connectivity index is 3.87. The van der Waals surface area contributed by atoms with Crippen molar-refractivity contribution in [3.8, 4) is 0 Å². The number of unbranched alkanes of at least 4 members (excludes halogenated alkanes) is 18. The van der Waals surface area contributed by atoms with Crippen LogP contribution in [0.25, 0.3) is 0 Å². The van der Waals surface area contributed by atoms with Gasteiger partial charge < -0.3 is 20.6 Å². The van der Waals surface area contributed by atoms with Crippen LogP contribution >= 0.6 is 0 Å². The summed E-state index contributed by atoms with van der Waals surface area (Å²) in [5.41, 5.74) is 0. The lowest BCUT2D eigenvalue weighted by Crippen LogP contribution is -2.48. The first kappa shape index (κ1) is 39.6. The van der Waals surface area contributed by atoms with Crippen LogP contribution in [0.15, 0.2) is 36.5 Å². The molecule has 0 heterocycles. The van der Waals surface area contributed by atoms with E-state index in [9.17, 15) is 20.1 Å². The van der Waals surface area contributed by atoms with E-state index in [0.717, 1.165) is 44.9 Å². The van der Waals surface area contributed by atoms with E-state index in [1.165, 1.54) is 96.3 Å². The van der Waals surface area contributed by atoms with Gasteiger partial charge >= 0.3 is 0 Å². The molecule has 3 atom stereocenters. The molecule has 0 spiro atoms. The summed E-state index contributed by atoms with van der Waals surface area (Å²) in [4.78, 5) is 12.3. The first-order valence-corrected chi connectivity index (χ1v) is 17.3. The Morgan fingerprint density at radius 1 is 0.585 bits per heavy atom. The second-order valence-electron chi connectivity index (χ2n) is 11.7. The van der Waals surface area contributed by atoms with Crippen molar-refractivity contribution in [3.05, 3.63) is 36.5 Å². The molecular weight excluding hydrogens is 510 g/mol. The fraction of sp³-hybridized carbons (Fsp3) is 0.806. The number of allylic oxidation sites excluding steroid dienone is 5. The third kappa shape index (κ3) is 27.2. The van der Waals surface area contributed by atoms with Crippen LogP contribution < -0.4 is 5.32 Å². The first-order chi connectivity index (χ1) is 20.1. The van der Waals surface area contributed by atoms with Crippen molar-refractivity contribution in [3.63, 3.8) is 0 Å². The number of hydrogen-bond donors (Lipinski definition) is 4. The van der Waals surface area contributed by atoms with Gasteiger partial charge in [-0.1, -0.05) is 153 Å². The van der Waals surface area contributed by atoms with E-state index in [-0.39, 0.29) is 6.61 Å². The standard InChI is InChI=1S/C36H67NO4/c1-3-5-7-9-11-13-15-16-17-18-19-21-22-24-26-28-30-34(39)33(32-38)37-36(41)35(40)31-29-27-25-23-20-14-12-10-8-6-4-2/h16-17,21-22,28,30,33-35,38-40H,3-15,18-20,23-27,29,31-32H2,1-2H3,(H,37,41)/b17-16+,22-21+,30-28+. The van der Waals surface area contributed by atoms with E-state index in [2.05, 4.69) is 43.5 Å². The molecule has 41 heavy (non-hydrogen) atoms. The molecule has 0 bridgehead atoms. The van der Waals surface area contributed by atoms with Crippen LogP contribution in [0.2, 0.25) is 0 Å². The second kappa shape index (κ2) is 31.5. The Kier molecular flexibility index (Phi) is 30.4. The topological polar surface area (TPSA) is 89.8 Å². The van der Waals surface area contributed by atoms with E-state index >= 15 is 0 Å². The number of amides is 1. The van der Waals surface area contributed by atoms with E-state index in [0.29, 0.717) is 6.42 Å². The highest BCUT2D eigenvalue weighted by molar-refractivity contribution is 5.80. The maximum atomic E-state index is 12.3. The summed E-state index contributed by atoms with van der Waals surface area (Å²) in [6.07, 6.45) is 37.3. The molecule has 4 N–H and O–H groups in total. The zero-order valence-electron chi connectivity index (χ0n) is 26.9. The normalized spacial score (nSPS) is 14.4. The zero-order valence-corrected chi connectivity index (χ0v) is 26.9. The quantitative estimate of drug-likeness (QED) is 0.0507. The van der Waals surface area contributed by atoms with Gasteiger partial charge in [0.2, 0.25) is 5.91 Å². The molecule has 1 amide bonds. The van der Waals surface area contributed by atoms with Crippen molar-refractivity contribution in [2.45, 2.75) is 180 Å². The minimum Gasteiger partial charge on any atom is -0.394 e. The highest BCUT2D eigenvalue weighted by Gasteiger charge is 2.22. The highest BCUT2D eigenvalue weighted by Crippen LogP contribution is 2.13. The Labute approximate surface area is 254 Å². The van der Waals surface area contributed by atoms with Crippen molar-refractivity contribution in [1.29, 1.82) is 0 Å². The smallest absolute Gasteiger partial charge is 0.249 e. The average Bonchev–Trinajstić information content (AvgIpc) is 2.98. The summed E-state index contributed by atoms with van der Waals surface area (Å²) in [6, 6.07) is -0.815. The van der Waals surface area contributed by atoms with Gasteiger partial charge in [-0.3, -0.25) is 4.79 Å². The molecule has 5 nitrogen and oxygen atoms in total. The fourth-order valence-electron chi connectivity index (χ4n) is 4.92. The van der Waals surface area contributed by atoms with E-state index < -0.39 is 24.2 Å². The number of rotatable bonds is 30. The number of nitrogens with one attached hydrogen (secondary N) is 1. The summed E-state index contributed by atoms with van der Waals surface area (Å²) in [5.74, 6) is -0.521. The minimum atomic E-state index is -1.10. The molecule has 0 saturated heterocycles. The molecule has 0 rings (SSSR count). The summed E-state index contributed by atoms with van der Waals surface area (Å²) in [5, 5.41) is 32.8. The molecule has 0 aromatic carbocycles. The van der Waals surface area contributed by atoms with Crippen LogP contribution in [0.3, 0.4) is 0 Å². The van der Waals surface area contributed by atoms with Gasteiger partial charge in [-0.25, -0.2) is 0 Å². The number of aliphatic hydroxyl groups is 3. The van der Waals surface area contributed by atoms with Gasteiger partial charge in [-0.2, -0.15) is 0 Å². The van der Waals surface area contributed by atoms with Crippen LogP contribution in [-0.2, 0) is 4.79 Å². The van der Waals surface area contributed by atoms with Gasteiger partial charge in [0, 0.05) is 0 Å². The van der Waals surface area contributed by atoms with Gasteiger partial charge in [-0.05, 0) is 44.9 Å². The van der Waals surface area contributed by atoms with Crippen molar-refractivity contribution < 1.29 is 20.1 Å². The molecule has 240 valence electrons. The van der Waals surface area contributed by atoms with Crippen LogP contribution in [0.4, 0.5) is 0 Å². The second-order valence-corrected chi connectivity index (χ2v) is 11.7. The van der Waals surface area contributed by atoms with Gasteiger partial charge in [0.1, 0.15) is 6.10 Å². The summed E-state index contributed by atoms with van der Waals surface area (Å²) in [7, 11) is 0. The molecule has 0 aliphatic rings. The Bertz CT molecular complexity index is 645. The maximum absolute atomic E-state index is 12.3.